The van der Waals surface area contributed by atoms with Crippen LogP contribution in [0.1, 0.15) is 11.7 Å². The number of aliphatic hydroxyl groups excluding tert-OH is 1. The van der Waals surface area contributed by atoms with Crippen molar-refractivity contribution in [2.75, 3.05) is 6.54 Å². The van der Waals surface area contributed by atoms with E-state index >= 15 is 0 Å². The van der Waals surface area contributed by atoms with E-state index in [0.29, 0.717) is 5.56 Å². The fourth-order valence-corrected chi connectivity index (χ4v) is 1.74. The quantitative estimate of drug-likeness (QED) is 0.634. The van der Waals surface area contributed by atoms with Crippen molar-refractivity contribution in [2.45, 2.75) is 6.10 Å². The second-order valence-electron chi connectivity index (χ2n) is 2.69. The molecule has 5 nitrogen and oxygen atoms in total. The molecule has 1 aromatic carbocycles. The number of benzene rings is 1. The number of hydrogen-bond donors (Lipinski definition) is 2. The van der Waals surface area contributed by atoms with Crippen molar-refractivity contribution in [3.8, 4) is 0 Å². The molecule has 0 saturated carbocycles. The lowest BCUT2D eigenvalue weighted by atomic mass is 10.1. The van der Waals surface area contributed by atoms with Gasteiger partial charge in [0.25, 0.3) is 5.69 Å². The van der Waals surface area contributed by atoms with E-state index < -0.39 is 11.0 Å². The fourth-order valence-electron chi connectivity index (χ4n) is 1.06. The summed E-state index contributed by atoms with van der Waals surface area (Å²) in [6.07, 6.45) is -0.885. The smallest absolute Gasteiger partial charge is 0.283 e. The number of rotatable bonds is 3. The summed E-state index contributed by atoms with van der Waals surface area (Å²) >= 11 is 3.07. The first kappa shape index (κ1) is 11.1. The van der Waals surface area contributed by atoms with Crippen LogP contribution in [0.15, 0.2) is 22.7 Å². The third-order valence-electron chi connectivity index (χ3n) is 1.79. The Morgan fingerprint density at radius 3 is 2.79 bits per heavy atom. The molecule has 0 bridgehead atoms. The summed E-state index contributed by atoms with van der Waals surface area (Å²) in [5, 5.41) is 20.0. The molecule has 1 aromatic rings. The lowest BCUT2D eigenvalue weighted by Crippen LogP contribution is -2.12. The average molecular weight is 261 g/mol. The Morgan fingerprint density at radius 1 is 1.64 bits per heavy atom. The van der Waals surface area contributed by atoms with Crippen LogP contribution in [-0.4, -0.2) is 16.6 Å². The van der Waals surface area contributed by atoms with Crippen LogP contribution >= 0.6 is 15.9 Å². The molecule has 0 aromatic heterocycles. The van der Waals surface area contributed by atoms with Gasteiger partial charge in [0.2, 0.25) is 0 Å². The normalized spacial score (nSPS) is 12.5. The van der Waals surface area contributed by atoms with E-state index in [2.05, 4.69) is 15.9 Å². The maximum atomic E-state index is 10.5. The minimum absolute atomic E-state index is 0.0275. The van der Waals surface area contributed by atoms with E-state index in [9.17, 15) is 15.2 Å². The number of halogens is 1. The summed E-state index contributed by atoms with van der Waals surface area (Å²) in [7, 11) is 0. The van der Waals surface area contributed by atoms with E-state index in [4.69, 9.17) is 5.73 Å². The van der Waals surface area contributed by atoms with Crippen LogP contribution in [0.25, 0.3) is 0 Å². The Bertz CT molecular complexity index is 356. The van der Waals surface area contributed by atoms with E-state index in [1.165, 1.54) is 12.1 Å². The lowest BCUT2D eigenvalue weighted by molar-refractivity contribution is -0.385. The third kappa shape index (κ3) is 2.09. The minimum atomic E-state index is -0.885. The molecule has 0 aliphatic carbocycles. The van der Waals surface area contributed by atoms with Crippen LogP contribution in [-0.2, 0) is 0 Å². The topological polar surface area (TPSA) is 89.4 Å². The van der Waals surface area contributed by atoms with E-state index in [1.807, 2.05) is 0 Å². The highest BCUT2D eigenvalue weighted by molar-refractivity contribution is 9.10. The van der Waals surface area contributed by atoms with Crippen molar-refractivity contribution in [1.82, 2.24) is 0 Å². The Kier molecular flexibility index (Phi) is 3.56. The van der Waals surface area contributed by atoms with Gasteiger partial charge in [-0.05, 0) is 15.9 Å². The van der Waals surface area contributed by atoms with Gasteiger partial charge in [-0.3, -0.25) is 10.1 Å². The van der Waals surface area contributed by atoms with Crippen molar-refractivity contribution >= 4 is 21.6 Å². The summed E-state index contributed by atoms with van der Waals surface area (Å²) in [6, 6.07) is 4.46. The van der Waals surface area contributed by atoms with Crippen molar-refractivity contribution in [3.63, 3.8) is 0 Å². The fraction of sp³-hybridized carbons (Fsp3) is 0.250. The predicted molar refractivity (Wildman–Crippen MR) is 54.8 cm³/mol. The highest BCUT2D eigenvalue weighted by atomic mass is 79.9. The second kappa shape index (κ2) is 4.50. The van der Waals surface area contributed by atoms with Gasteiger partial charge in [-0.25, -0.2) is 0 Å². The van der Waals surface area contributed by atoms with Gasteiger partial charge in [-0.2, -0.15) is 0 Å². The number of nitrogens with zero attached hydrogens (tertiary/aromatic N) is 1. The van der Waals surface area contributed by atoms with Crippen LogP contribution in [0.5, 0.6) is 0 Å². The Morgan fingerprint density at radius 2 is 2.29 bits per heavy atom. The zero-order valence-corrected chi connectivity index (χ0v) is 8.77. The highest BCUT2D eigenvalue weighted by Crippen LogP contribution is 2.31. The van der Waals surface area contributed by atoms with Gasteiger partial charge in [0, 0.05) is 18.2 Å². The number of nitrogens with two attached hydrogens (primary N) is 1. The Balaban J connectivity index is 3.20. The lowest BCUT2D eigenvalue weighted by Gasteiger charge is -2.09. The van der Waals surface area contributed by atoms with Gasteiger partial charge < -0.3 is 10.8 Å². The first-order valence-corrected chi connectivity index (χ1v) is 4.68. The van der Waals surface area contributed by atoms with Gasteiger partial charge in [0.15, 0.2) is 0 Å². The number of nitro benzene ring substituents is 1. The molecule has 3 N–H and O–H groups in total. The minimum Gasteiger partial charge on any atom is -0.387 e. The maximum absolute atomic E-state index is 10.5. The Hall–Kier alpha value is -0.980. The van der Waals surface area contributed by atoms with Crippen LogP contribution in [0.2, 0.25) is 0 Å². The van der Waals surface area contributed by atoms with Crippen LogP contribution in [0.3, 0.4) is 0 Å². The van der Waals surface area contributed by atoms with Crippen molar-refractivity contribution in [1.29, 1.82) is 0 Å². The molecule has 1 unspecified atom stereocenters. The average Bonchev–Trinajstić information content (AvgIpc) is 2.16. The van der Waals surface area contributed by atoms with Crippen LogP contribution in [0.4, 0.5) is 5.69 Å². The number of aliphatic hydroxyl groups is 1. The molecule has 0 aliphatic heterocycles. The summed E-state index contributed by atoms with van der Waals surface area (Å²) < 4.78 is 0.281. The number of nitro groups is 1. The summed E-state index contributed by atoms with van der Waals surface area (Å²) in [5.74, 6) is 0. The van der Waals surface area contributed by atoms with Gasteiger partial charge in [-0.15, -0.1) is 0 Å². The van der Waals surface area contributed by atoms with Crippen molar-refractivity contribution in [2.24, 2.45) is 5.73 Å². The van der Waals surface area contributed by atoms with Gasteiger partial charge in [0.1, 0.15) is 4.47 Å². The molecule has 0 aliphatic rings. The molecule has 14 heavy (non-hydrogen) atoms. The molecule has 0 radical (unpaired) electrons. The van der Waals surface area contributed by atoms with Crippen molar-refractivity contribution < 1.29 is 10.0 Å². The molecule has 76 valence electrons. The van der Waals surface area contributed by atoms with Gasteiger partial charge in [-0.1, -0.05) is 12.1 Å². The highest BCUT2D eigenvalue weighted by Gasteiger charge is 2.18. The second-order valence-corrected chi connectivity index (χ2v) is 3.48. The summed E-state index contributed by atoms with van der Waals surface area (Å²) in [6.45, 7) is 0.0275. The van der Waals surface area contributed by atoms with Crippen LogP contribution < -0.4 is 5.73 Å². The summed E-state index contributed by atoms with van der Waals surface area (Å²) in [5.41, 5.74) is 5.62. The van der Waals surface area contributed by atoms with Gasteiger partial charge >= 0.3 is 0 Å². The predicted octanol–water partition coefficient (Wildman–Crippen LogP) is 1.35. The largest absolute Gasteiger partial charge is 0.387 e. The molecule has 0 fully saturated rings. The Labute approximate surface area is 88.8 Å². The standard InChI is InChI=1S/C8H9BrN2O3/c9-8-5(7(12)4-10)2-1-3-6(8)11(13)14/h1-3,7,12H,4,10H2. The molecule has 6 heteroatoms. The molecule has 1 rings (SSSR count). The zero-order chi connectivity index (χ0) is 10.7. The first-order valence-electron chi connectivity index (χ1n) is 3.89. The zero-order valence-electron chi connectivity index (χ0n) is 7.18. The molecule has 1 atom stereocenters. The molecule has 0 spiro atoms. The maximum Gasteiger partial charge on any atom is 0.283 e. The molecule has 0 heterocycles. The molecular weight excluding hydrogens is 252 g/mol. The van der Waals surface area contributed by atoms with E-state index in [1.54, 1.807) is 6.07 Å². The van der Waals surface area contributed by atoms with Crippen molar-refractivity contribution in [3.05, 3.63) is 38.3 Å². The van der Waals surface area contributed by atoms with Crippen LogP contribution in [0, 0.1) is 10.1 Å². The third-order valence-corrected chi connectivity index (χ3v) is 2.65. The summed E-state index contributed by atoms with van der Waals surface area (Å²) in [4.78, 5) is 10.0. The SMILES string of the molecule is NCC(O)c1cccc([N+](=O)[O-])c1Br. The molecule has 0 amide bonds. The molecule has 0 saturated heterocycles. The molecular formula is C8H9BrN2O3. The van der Waals surface area contributed by atoms with Gasteiger partial charge in [0.05, 0.1) is 11.0 Å². The monoisotopic (exact) mass is 260 g/mol. The van der Waals surface area contributed by atoms with E-state index in [0.717, 1.165) is 0 Å². The first-order chi connectivity index (χ1) is 6.57. The van der Waals surface area contributed by atoms with E-state index in [-0.39, 0.29) is 16.7 Å². The number of hydrogen-bond acceptors (Lipinski definition) is 4.